The van der Waals surface area contributed by atoms with Gasteiger partial charge in [-0.25, -0.2) is 0 Å². The molecule has 0 atom stereocenters. The molecule has 0 aromatic carbocycles. The van der Waals surface area contributed by atoms with Gasteiger partial charge < -0.3 is 5.73 Å². The molecule has 1 saturated carbocycles. The van der Waals surface area contributed by atoms with Gasteiger partial charge in [0, 0.05) is 12.6 Å². The summed E-state index contributed by atoms with van der Waals surface area (Å²) in [5.74, 6) is 1.16. The zero-order valence-electron chi connectivity index (χ0n) is 8.01. The van der Waals surface area contributed by atoms with Crippen molar-refractivity contribution in [1.29, 1.82) is 5.41 Å². The topological polar surface area (TPSA) is 53.1 Å². The lowest BCUT2D eigenvalue weighted by Crippen LogP contribution is -2.39. The standard InChI is InChI=1S/C9H19N3/c1-7(2)12(6-9(10)11)5-8-3-4-8/h7-8H,3-6H2,1-2H3,(H3,10,11). The molecule has 1 aliphatic carbocycles. The van der Waals surface area contributed by atoms with E-state index in [-0.39, 0.29) is 5.84 Å². The van der Waals surface area contributed by atoms with Gasteiger partial charge in [0.15, 0.2) is 0 Å². The second kappa shape index (κ2) is 3.90. The number of nitrogens with zero attached hydrogens (tertiary/aromatic N) is 1. The third kappa shape index (κ3) is 3.22. The van der Waals surface area contributed by atoms with E-state index in [0.717, 1.165) is 12.5 Å². The second-order valence-corrected chi connectivity index (χ2v) is 3.99. The third-order valence-corrected chi connectivity index (χ3v) is 2.29. The average Bonchev–Trinajstić information content (AvgIpc) is 2.68. The fourth-order valence-electron chi connectivity index (χ4n) is 1.31. The van der Waals surface area contributed by atoms with Crippen LogP contribution in [0.3, 0.4) is 0 Å². The van der Waals surface area contributed by atoms with E-state index in [1.54, 1.807) is 0 Å². The van der Waals surface area contributed by atoms with Gasteiger partial charge in [-0.1, -0.05) is 0 Å². The van der Waals surface area contributed by atoms with Crippen LogP contribution in [0.1, 0.15) is 26.7 Å². The number of amidine groups is 1. The number of hydrogen-bond acceptors (Lipinski definition) is 2. The Bertz CT molecular complexity index is 161. The molecule has 0 amide bonds. The normalized spacial score (nSPS) is 17.3. The average molecular weight is 169 g/mol. The van der Waals surface area contributed by atoms with Crippen LogP contribution in [0.2, 0.25) is 0 Å². The van der Waals surface area contributed by atoms with Crippen molar-refractivity contribution < 1.29 is 0 Å². The van der Waals surface area contributed by atoms with Gasteiger partial charge in [-0.2, -0.15) is 0 Å². The first-order valence-electron chi connectivity index (χ1n) is 4.66. The van der Waals surface area contributed by atoms with Crippen LogP contribution in [-0.4, -0.2) is 29.9 Å². The predicted molar refractivity (Wildman–Crippen MR) is 51.3 cm³/mol. The van der Waals surface area contributed by atoms with Crippen LogP contribution in [0.25, 0.3) is 0 Å². The molecule has 3 N–H and O–H groups in total. The Morgan fingerprint density at radius 1 is 1.58 bits per heavy atom. The summed E-state index contributed by atoms with van der Waals surface area (Å²) in [5.41, 5.74) is 5.37. The SMILES string of the molecule is CC(C)N(CC(=N)N)CC1CC1. The molecular weight excluding hydrogens is 150 g/mol. The van der Waals surface area contributed by atoms with Gasteiger partial charge >= 0.3 is 0 Å². The summed E-state index contributed by atoms with van der Waals surface area (Å²) < 4.78 is 0. The minimum absolute atomic E-state index is 0.282. The Kier molecular flexibility index (Phi) is 3.09. The van der Waals surface area contributed by atoms with Gasteiger partial charge in [0.2, 0.25) is 0 Å². The molecule has 0 aromatic rings. The number of nitrogens with one attached hydrogen (secondary N) is 1. The smallest absolute Gasteiger partial charge is 0.105 e. The summed E-state index contributed by atoms with van der Waals surface area (Å²) in [7, 11) is 0. The van der Waals surface area contributed by atoms with Crippen molar-refractivity contribution in [1.82, 2.24) is 4.90 Å². The molecule has 0 aromatic heterocycles. The molecule has 0 unspecified atom stereocenters. The molecule has 1 aliphatic rings. The number of nitrogens with two attached hydrogens (primary N) is 1. The predicted octanol–water partition coefficient (Wildman–Crippen LogP) is 1.04. The van der Waals surface area contributed by atoms with E-state index in [1.807, 2.05) is 0 Å². The molecule has 0 aliphatic heterocycles. The first-order valence-corrected chi connectivity index (χ1v) is 4.66. The Labute approximate surface area is 74.4 Å². The van der Waals surface area contributed by atoms with Gasteiger partial charge in [-0.3, -0.25) is 10.3 Å². The lowest BCUT2D eigenvalue weighted by Gasteiger charge is -2.25. The first-order chi connectivity index (χ1) is 5.59. The molecule has 1 rings (SSSR count). The Morgan fingerprint density at radius 2 is 2.17 bits per heavy atom. The number of hydrogen-bond donors (Lipinski definition) is 2. The summed E-state index contributed by atoms with van der Waals surface area (Å²) >= 11 is 0. The van der Waals surface area contributed by atoms with Gasteiger partial charge in [0.25, 0.3) is 0 Å². The van der Waals surface area contributed by atoms with Crippen LogP contribution in [0.15, 0.2) is 0 Å². The monoisotopic (exact) mass is 169 g/mol. The summed E-state index contributed by atoms with van der Waals surface area (Å²) in [6.45, 7) is 6.07. The van der Waals surface area contributed by atoms with Crippen LogP contribution in [0, 0.1) is 11.3 Å². The highest BCUT2D eigenvalue weighted by atomic mass is 15.2. The maximum absolute atomic E-state index is 7.22. The molecule has 0 heterocycles. The van der Waals surface area contributed by atoms with E-state index in [1.165, 1.54) is 12.8 Å². The quantitative estimate of drug-likeness (QED) is 0.477. The second-order valence-electron chi connectivity index (χ2n) is 3.99. The van der Waals surface area contributed by atoms with Crippen molar-refractivity contribution in [3.63, 3.8) is 0 Å². The van der Waals surface area contributed by atoms with Crippen molar-refractivity contribution >= 4 is 5.84 Å². The van der Waals surface area contributed by atoms with Crippen molar-refractivity contribution in [2.45, 2.75) is 32.7 Å². The van der Waals surface area contributed by atoms with E-state index >= 15 is 0 Å². The molecule has 3 heteroatoms. The number of rotatable bonds is 5. The van der Waals surface area contributed by atoms with Crippen LogP contribution in [0.4, 0.5) is 0 Å². The Hall–Kier alpha value is -0.570. The van der Waals surface area contributed by atoms with Crippen LogP contribution in [0.5, 0.6) is 0 Å². The molecule has 0 radical (unpaired) electrons. The van der Waals surface area contributed by atoms with E-state index in [2.05, 4.69) is 18.7 Å². The molecule has 3 nitrogen and oxygen atoms in total. The van der Waals surface area contributed by atoms with Crippen molar-refractivity contribution in [3.8, 4) is 0 Å². The summed E-state index contributed by atoms with van der Waals surface area (Å²) in [6.07, 6.45) is 2.72. The highest BCUT2D eigenvalue weighted by Gasteiger charge is 2.25. The highest BCUT2D eigenvalue weighted by Crippen LogP contribution is 2.30. The lowest BCUT2D eigenvalue weighted by atomic mass is 10.2. The van der Waals surface area contributed by atoms with Gasteiger partial charge in [0.05, 0.1) is 6.54 Å². The zero-order chi connectivity index (χ0) is 9.14. The molecule has 70 valence electrons. The van der Waals surface area contributed by atoms with E-state index in [0.29, 0.717) is 12.6 Å². The molecule has 0 spiro atoms. The van der Waals surface area contributed by atoms with Crippen molar-refractivity contribution in [2.75, 3.05) is 13.1 Å². The van der Waals surface area contributed by atoms with E-state index in [9.17, 15) is 0 Å². The Morgan fingerprint density at radius 3 is 2.50 bits per heavy atom. The van der Waals surface area contributed by atoms with Gasteiger partial charge in [-0.05, 0) is 32.6 Å². The molecule has 1 fully saturated rings. The lowest BCUT2D eigenvalue weighted by molar-refractivity contribution is 0.242. The highest BCUT2D eigenvalue weighted by molar-refractivity contribution is 5.78. The van der Waals surface area contributed by atoms with Crippen LogP contribution < -0.4 is 5.73 Å². The van der Waals surface area contributed by atoms with Gasteiger partial charge in [0.1, 0.15) is 5.84 Å². The first kappa shape index (κ1) is 9.52. The van der Waals surface area contributed by atoms with Crippen molar-refractivity contribution in [2.24, 2.45) is 11.7 Å². The molecule has 12 heavy (non-hydrogen) atoms. The van der Waals surface area contributed by atoms with E-state index in [4.69, 9.17) is 11.1 Å². The van der Waals surface area contributed by atoms with Crippen LogP contribution >= 0.6 is 0 Å². The summed E-state index contributed by atoms with van der Waals surface area (Å²) in [4.78, 5) is 2.28. The Balaban J connectivity index is 2.30. The van der Waals surface area contributed by atoms with E-state index < -0.39 is 0 Å². The summed E-state index contributed by atoms with van der Waals surface area (Å²) in [5, 5.41) is 7.22. The zero-order valence-corrected chi connectivity index (χ0v) is 8.01. The largest absolute Gasteiger partial charge is 0.387 e. The fourth-order valence-corrected chi connectivity index (χ4v) is 1.31. The maximum Gasteiger partial charge on any atom is 0.105 e. The van der Waals surface area contributed by atoms with Crippen molar-refractivity contribution in [3.05, 3.63) is 0 Å². The fraction of sp³-hybridized carbons (Fsp3) is 0.889. The summed E-state index contributed by atoms with van der Waals surface area (Å²) in [6, 6.07) is 0.509. The van der Waals surface area contributed by atoms with Crippen LogP contribution in [-0.2, 0) is 0 Å². The molecular formula is C9H19N3. The molecule has 0 saturated heterocycles. The minimum atomic E-state index is 0.282. The maximum atomic E-state index is 7.22. The minimum Gasteiger partial charge on any atom is -0.387 e. The molecule has 0 bridgehead atoms. The van der Waals surface area contributed by atoms with Gasteiger partial charge in [-0.15, -0.1) is 0 Å². The third-order valence-electron chi connectivity index (χ3n) is 2.29.